The van der Waals surface area contributed by atoms with Crippen LogP contribution in [0.4, 0.5) is 0 Å². The van der Waals surface area contributed by atoms with Gasteiger partial charge in [0.05, 0.1) is 0 Å². The summed E-state index contributed by atoms with van der Waals surface area (Å²) in [6, 6.07) is 21.5. The van der Waals surface area contributed by atoms with Crippen LogP contribution in [0.1, 0.15) is 19.8 Å². The molecule has 0 radical (unpaired) electrons. The molecule has 0 unspecified atom stereocenters. The first-order valence-electron chi connectivity index (χ1n) is 9.40. The molecule has 0 bridgehead atoms. The fourth-order valence-electron chi connectivity index (χ4n) is 3.39. The number of hydrogen-bond acceptors (Lipinski definition) is 3. The summed E-state index contributed by atoms with van der Waals surface area (Å²) >= 11 is 5.47. The zero-order chi connectivity index (χ0) is 19.8. The average Bonchev–Trinajstić information content (AvgIpc) is 3.42. The molecule has 0 aliphatic carbocycles. The summed E-state index contributed by atoms with van der Waals surface area (Å²) in [6.07, 6.45) is 8.87. The molecule has 5 heteroatoms. The van der Waals surface area contributed by atoms with E-state index in [0.717, 1.165) is 0 Å². The smallest absolute Gasteiger partial charge is 0.185 e. The van der Waals surface area contributed by atoms with E-state index >= 15 is 0 Å². The van der Waals surface area contributed by atoms with Crippen LogP contribution in [0.15, 0.2) is 60.7 Å². The maximum atomic E-state index is 2.26. The fourth-order valence-corrected chi connectivity index (χ4v) is 6.31. The second-order valence-electron chi connectivity index (χ2n) is 6.84. The van der Waals surface area contributed by atoms with Crippen LogP contribution in [-0.2, 0) is 14.1 Å². The van der Waals surface area contributed by atoms with Crippen LogP contribution in [0.3, 0.4) is 0 Å². The van der Waals surface area contributed by atoms with Crippen LogP contribution >= 0.6 is 34.0 Å². The minimum absolute atomic E-state index is 1.26. The van der Waals surface area contributed by atoms with Gasteiger partial charge in [0.2, 0.25) is 11.0 Å². The maximum Gasteiger partial charge on any atom is 0.262 e. The van der Waals surface area contributed by atoms with Gasteiger partial charge in [-0.1, -0.05) is 46.9 Å². The SMILES string of the molecule is C[n+]1c(C=Cc2ccc(C=Cc3sc4ccccc4[n+]3C)s2)sc2ccccc21. The van der Waals surface area contributed by atoms with E-state index in [4.69, 9.17) is 0 Å². The van der Waals surface area contributed by atoms with Gasteiger partial charge in [0.25, 0.3) is 10.0 Å². The van der Waals surface area contributed by atoms with Crippen LogP contribution in [0.2, 0.25) is 0 Å². The number of thiophene rings is 1. The van der Waals surface area contributed by atoms with E-state index in [1.54, 1.807) is 0 Å². The number of para-hydroxylation sites is 2. The number of nitrogens with zero attached hydrogens (tertiary/aromatic N) is 2. The average molecular weight is 433 g/mol. The number of thiazole rings is 2. The summed E-state index contributed by atoms with van der Waals surface area (Å²) in [5.41, 5.74) is 2.56. The highest BCUT2D eigenvalue weighted by atomic mass is 32.1. The Labute approximate surface area is 181 Å². The Morgan fingerprint density at radius 1 is 0.552 bits per heavy atom. The van der Waals surface area contributed by atoms with Gasteiger partial charge in [-0.2, -0.15) is 9.13 Å². The van der Waals surface area contributed by atoms with Gasteiger partial charge in [0.1, 0.15) is 23.5 Å². The Hall–Kier alpha value is -2.60. The lowest BCUT2D eigenvalue weighted by atomic mass is 10.3. The molecule has 0 spiro atoms. The van der Waals surface area contributed by atoms with Crippen LogP contribution < -0.4 is 9.13 Å². The topological polar surface area (TPSA) is 7.76 Å². The summed E-state index contributed by atoms with van der Waals surface area (Å²) in [4.78, 5) is 2.53. The Bertz CT molecular complexity index is 1280. The van der Waals surface area contributed by atoms with Crippen molar-refractivity contribution in [3.63, 3.8) is 0 Å². The van der Waals surface area contributed by atoms with E-state index in [1.807, 2.05) is 34.0 Å². The van der Waals surface area contributed by atoms with Crippen molar-refractivity contribution in [2.24, 2.45) is 14.1 Å². The summed E-state index contributed by atoms with van der Waals surface area (Å²) in [6.45, 7) is 0. The number of rotatable bonds is 4. The lowest BCUT2D eigenvalue weighted by molar-refractivity contribution is -0.642. The van der Waals surface area contributed by atoms with Crippen molar-refractivity contribution < 1.29 is 9.13 Å². The molecular weight excluding hydrogens is 412 g/mol. The van der Waals surface area contributed by atoms with E-state index in [0.29, 0.717) is 0 Å². The maximum absolute atomic E-state index is 2.26. The van der Waals surface area contributed by atoms with Gasteiger partial charge in [0, 0.05) is 34.0 Å². The predicted octanol–water partition coefficient (Wildman–Crippen LogP) is 6.17. The third-order valence-electron chi connectivity index (χ3n) is 4.97. The first-order chi connectivity index (χ1) is 14.2. The zero-order valence-corrected chi connectivity index (χ0v) is 18.7. The number of fused-ring (bicyclic) bond motifs is 2. The first-order valence-corrected chi connectivity index (χ1v) is 11.8. The highest BCUT2D eigenvalue weighted by Gasteiger charge is 2.14. The molecule has 0 aliphatic heterocycles. The number of aromatic nitrogens is 2. The minimum Gasteiger partial charge on any atom is -0.185 e. The molecule has 29 heavy (non-hydrogen) atoms. The number of aryl methyl sites for hydroxylation is 2. The van der Waals surface area contributed by atoms with Crippen LogP contribution in [0.25, 0.3) is 44.7 Å². The van der Waals surface area contributed by atoms with Crippen molar-refractivity contribution in [1.82, 2.24) is 0 Å². The van der Waals surface area contributed by atoms with Gasteiger partial charge in [-0.3, -0.25) is 0 Å². The molecule has 142 valence electrons. The van der Waals surface area contributed by atoms with Crippen LogP contribution in [0, 0.1) is 0 Å². The highest BCUT2D eigenvalue weighted by molar-refractivity contribution is 7.19. The standard InChI is InChI=1S/C24H20N2S3/c1-25-19-7-3-5-9-21(19)28-23(25)15-13-17-11-12-18(27-17)14-16-24-26(2)20-8-4-6-10-22(20)29-24/h3-16H,1-2H3/q+2. The molecule has 0 amide bonds. The van der Waals surface area contributed by atoms with Gasteiger partial charge < -0.3 is 0 Å². The largest absolute Gasteiger partial charge is 0.262 e. The van der Waals surface area contributed by atoms with E-state index in [1.165, 1.54) is 40.2 Å². The summed E-state index contributed by atoms with van der Waals surface area (Å²) in [7, 11) is 4.26. The molecule has 0 saturated carbocycles. The number of benzene rings is 2. The Balaban J connectivity index is 1.37. The van der Waals surface area contributed by atoms with Crippen LogP contribution in [0.5, 0.6) is 0 Å². The monoisotopic (exact) mass is 432 g/mol. The molecule has 3 heterocycles. The fraction of sp³-hybridized carbons (Fsp3) is 0.0833. The second kappa shape index (κ2) is 7.67. The summed E-state index contributed by atoms with van der Waals surface area (Å²) in [5.74, 6) is 0. The molecule has 0 saturated heterocycles. The van der Waals surface area contributed by atoms with Crippen molar-refractivity contribution in [1.29, 1.82) is 0 Å². The van der Waals surface area contributed by atoms with Crippen molar-refractivity contribution >= 4 is 78.7 Å². The Kier molecular flexibility index (Phi) is 4.87. The number of hydrogen-bond donors (Lipinski definition) is 0. The van der Waals surface area contributed by atoms with Crippen molar-refractivity contribution in [3.05, 3.63) is 80.4 Å². The Morgan fingerprint density at radius 2 is 1.00 bits per heavy atom. The first kappa shape index (κ1) is 18.4. The van der Waals surface area contributed by atoms with E-state index in [-0.39, 0.29) is 0 Å². The van der Waals surface area contributed by atoms with Gasteiger partial charge in [0.15, 0.2) is 0 Å². The molecule has 2 aromatic carbocycles. The molecule has 5 rings (SSSR count). The van der Waals surface area contributed by atoms with Crippen molar-refractivity contribution in [3.8, 4) is 0 Å². The van der Waals surface area contributed by atoms with Crippen molar-refractivity contribution in [2.45, 2.75) is 0 Å². The lowest BCUT2D eigenvalue weighted by Crippen LogP contribution is -2.28. The van der Waals surface area contributed by atoms with Crippen molar-refractivity contribution in [2.75, 3.05) is 0 Å². The third-order valence-corrected chi connectivity index (χ3v) is 8.36. The molecular formula is C24H20N2S3+2. The molecule has 3 aromatic heterocycles. The zero-order valence-electron chi connectivity index (χ0n) is 16.2. The van der Waals surface area contributed by atoms with E-state index < -0.39 is 0 Å². The van der Waals surface area contributed by atoms with Crippen LogP contribution in [-0.4, -0.2) is 0 Å². The molecule has 0 atom stereocenters. The molecule has 0 aliphatic rings. The third kappa shape index (κ3) is 3.57. The van der Waals surface area contributed by atoms with E-state index in [2.05, 4.69) is 108 Å². The second-order valence-corrected chi connectivity index (χ2v) is 10.1. The quantitative estimate of drug-likeness (QED) is 0.300. The normalized spacial score (nSPS) is 12.2. The van der Waals surface area contributed by atoms with E-state index in [9.17, 15) is 0 Å². The molecule has 2 nitrogen and oxygen atoms in total. The summed E-state index contributed by atoms with van der Waals surface area (Å²) in [5, 5.41) is 2.52. The summed E-state index contributed by atoms with van der Waals surface area (Å²) < 4.78 is 7.15. The molecule has 5 aromatic rings. The van der Waals surface area contributed by atoms with Gasteiger partial charge in [-0.15, -0.1) is 11.3 Å². The van der Waals surface area contributed by atoms with Gasteiger partial charge >= 0.3 is 0 Å². The molecule has 0 N–H and O–H groups in total. The lowest BCUT2D eigenvalue weighted by Gasteiger charge is -1.87. The highest BCUT2D eigenvalue weighted by Crippen LogP contribution is 2.25. The minimum atomic E-state index is 1.26. The Morgan fingerprint density at radius 3 is 1.45 bits per heavy atom. The predicted molar refractivity (Wildman–Crippen MR) is 128 cm³/mol. The molecule has 0 fully saturated rings. The van der Waals surface area contributed by atoms with Gasteiger partial charge in [-0.05, 0) is 36.4 Å². The van der Waals surface area contributed by atoms with Gasteiger partial charge in [-0.25, -0.2) is 0 Å².